The molecule has 0 spiro atoms. The van der Waals surface area contributed by atoms with Crippen LogP contribution < -0.4 is 0 Å². The summed E-state index contributed by atoms with van der Waals surface area (Å²) in [6, 6.07) is 15.7. The number of carbonyl (C=O) groups excluding carboxylic acids is 1. The molecule has 3 rings (SSSR count). The molecule has 0 amide bonds. The molecule has 0 bridgehead atoms. The molecule has 0 radical (unpaired) electrons. The minimum atomic E-state index is 0.0887. The minimum Gasteiger partial charge on any atom is -0.295 e. The molecule has 0 aliphatic carbocycles. The number of benzene rings is 2. The fourth-order valence-electron chi connectivity index (χ4n) is 1.84. The molecule has 18 heavy (non-hydrogen) atoms. The van der Waals surface area contributed by atoms with E-state index in [2.05, 4.69) is 11.1 Å². The van der Waals surface area contributed by atoms with Crippen molar-refractivity contribution >= 4 is 27.3 Å². The van der Waals surface area contributed by atoms with Gasteiger partial charge in [0.2, 0.25) is 0 Å². The number of hydrogen-bond donors (Lipinski definition) is 0. The number of rotatable bonds is 2. The van der Waals surface area contributed by atoms with Crippen LogP contribution in [0.1, 0.15) is 17.3 Å². The molecule has 88 valence electrons. The maximum atomic E-state index is 11.2. The maximum Gasteiger partial charge on any atom is 0.159 e. The second-order valence-electron chi connectivity index (χ2n) is 4.12. The molecular weight excluding hydrogens is 242 g/mol. The Labute approximate surface area is 109 Å². The molecule has 3 heteroatoms. The van der Waals surface area contributed by atoms with Gasteiger partial charge in [0.25, 0.3) is 0 Å². The predicted molar refractivity (Wildman–Crippen MR) is 75.1 cm³/mol. The Morgan fingerprint density at radius 1 is 1.06 bits per heavy atom. The van der Waals surface area contributed by atoms with E-state index in [0.717, 1.165) is 21.7 Å². The molecule has 0 saturated heterocycles. The van der Waals surface area contributed by atoms with Gasteiger partial charge in [0, 0.05) is 11.1 Å². The first-order valence-electron chi connectivity index (χ1n) is 5.71. The number of Topliss-reactive ketones (excluding diaryl/α,β-unsaturated/α-hetero) is 1. The van der Waals surface area contributed by atoms with Crippen molar-refractivity contribution in [2.75, 3.05) is 0 Å². The summed E-state index contributed by atoms with van der Waals surface area (Å²) >= 11 is 1.67. The van der Waals surface area contributed by atoms with Crippen molar-refractivity contribution in [2.24, 2.45) is 0 Å². The minimum absolute atomic E-state index is 0.0887. The van der Waals surface area contributed by atoms with Crippen molar-refractivity contribution in [1.82, 2.24) is 4.98 Å². The molecule has 0 fully saturated rings. The lowest BCUT2D eigenvalue weighted by atomic mass is 10.1. The standard InChI is InChI=1S/C15H11NOS/c1-10(17)11-6-8-12(9-7-11)15-16-13-4-2-3-5-14(13)18-15/h2-9H,1H3. The van der Waals surface area contributed by atoms with Crippen LogP contribution in [0.5, 0.6) is 0 Å². The van der Waals surface area contributed by atoms with Crippen molar-refractivity contribution in [3.8, 4) is 10.6 Å². The quantitative estimate of drug-likeness (QED) is 0.642. The van der Waals surface area contributed by atoms with E-state index in [1.165, 1.54) is 4.70 Å². The largest absolute Gasteiger partial charge is 0.295 e. The Bertz CT molecular complexity index is 680. The van der Waals surface area contributed by atoms with Crippen LogP contribution in [0.4, 0.5) is 0 Å². The Kier molecular flexibility index (Phi) is 2.68. The van der Waals surface area contributed by atoms with Gasteiger partial charge in [-0.2, -0.15) is 0 Å². The SMILES string of the molecule is CC(=O)c1ccc(-c2nc3ccccc3s2)cc1. The van der Waals surface area contributed by atoms with Crippen molar-refractivity contribution < 1.29 is 4.79 Å². The van der Waals surface area contributed by atoms with Gasteiger partial charge in [-0.3, -0.25) is 4.79 Å². The van der Waals surface area contributed by atoms with Gasteiger partial charge in [0.05, 0.1) is 10.2 Å². The third-order valence-electron chi connectivity index (χ3n) is 2.83. The Morgan fingerprint density at radius 2 is 1.78 bits per heavy atom. The smallest absolute Gasteiger partial charge is 0.159 e. The van der Waals surface area contributed by atoms with Crippen LogP contribution in [0.2, 0.25) is 0 Å². The zero-order chi connectivity index (χ0) is 12.5. The van der Waals surface area contributed by atoms with E-state index in [9.17, 15) is 4.79 Å². The summed E-state index contributed by atoms with van der Waals surface area (Å²) in [5, 5.41) is 0.992. The molecule has 0 aliphatic heterocycles. The number of fused-ring (bicyclic) bond motifs is 1. The van der Waals surface area contributed by atoms with Crippen LogP contribution in [0.15, 0.2) is 48.5 Å². The highest BCUT2D eigenvalue weighted by Gasteiger charge is 2.06. The summed E-state index contributed by atoms with van der Waals surface area (Å²) in [5.41, 5.74) is 2.81. The first-order chi connectivity index (χ1) is 8.74. The van der Waals surface area contributed by atoms with Crippen LogP contribution >= 0.6 is 11.3 Å². The summed E-state index contributed by atoms with van der Waals surface area (Å²) in [6.45, 7) is 1.58. The predicted octanol–water partition coefficient (Wildman–Crippen LogP) is 4.17. The number of thiazole rings is 1. The molecule has 3 aromatic rings. The molecule has 0 unspecified atom stereocenters. The monoisotopic (exact) mass is 253 g/mol. The van der Waals surface area contributed by atoms with Crippen LogP contribution in [-0.2, 0) is 0 Å². The second-order valence-corrected chi connectivity index (χ2v) is 5.15. The zero-order valence-electron chi connectivity index (χ0n) is 9.88. The van der Waals surface area contributed by atoms with Gasteiger partial charge in [-0.15, -0.1) is 11.3 Å². The summed E-state index contributed by atoms with van der Waals surface area (Å²) in [7, 11) is 0. The topological polar surface area (TPSA) is 30.0 Å². The molecular formula is C15H11NOS. The van der Waals surface area contributed by atoms with Crippen molar-refractivity contribution in [3.05, 3.63) is 54.1 Å². The Hall–Kier alpha value is -2.00. The van der Waals surface area contributed by atoms with Gasteiger partial charge in [-0.1, -0.05) is 36.4 Å². The number of nitrogens with zero attached hydrogens (tertiary/aromatic N) is 1. The van der Waals surface area contributed by atoms with Gasteiger partial charge in [-0.25, -0.2) is 4.98 Å². The molecule has 0 saturated carbocycles. The summed E-state index contributed by atoms with van der Waals surface area (Å²) in [4.78, 5) is 15.8. The van der Waals surface area contributed by atoms with Crippen molar-refractivity contribution in [2.45, 2.75) is 6.92 Å². The fourth-order valence-corrected chi connectivity index (χ4v) is 2.81. The van der Waals surface area contributed by atoms with E-state index in [1.54, 1.807) is 18.3 Å². The molecule has 1 heterocycles. The highest BCUT2D eigenvalue weighted by molar-refractivity contribution is 7.21. The average molecular weight is 253 g/mol. The summed E-state index contributed by atoms with van der Waals surface area (Å²) in [5.74, 6) is 0.0887. The highest BCUT2D eigenvalue weighted by Crippen LogP contribution is 2.29. The van der Waals surface area contributed by atoms with Crippen LogP contribution in [0.25, 0.3) is 20.8 Å². The third kappa shape index (κ3) is 1.93. The zero-order valence-corrected chi connectivity index (χ0v) is 10.7. The van der Waals surface area contributed by atoms with E-state index in [0.29, 0.717) is 0 Å². The van der Waals surface area contributed by atoms with Crippen LogP contribution in [0, 0.1) is 0 Å². The average Bonchev–Trinajstić information content (AvgIpc) is 2.82. The Morgan fingerprint density at radius 3 is 2.44 bits per heavy atom. The number of aromatic nitrogens is 1. The lowest BCUT2D eigenvalue weighted by Gasteiger charge is -1.97. The first-order valence-corrected chi connectivity index (χ1v) is 6.52. The maximum absolute atomic E-state index is 11.2. The summed E-state index contributed by atoms with van der Waals surface area (Å²) < 4.78 is 1.18. The second kappa shape index (κ2) is 4.35. The Balaban J connectivity index is 2.06. The lowest BCUT2D eigenvalue weighted by molar-refractivity contribution is 0.101. The third-order valence-corrected chi connectivity index (χ3v) is 3.92. The van der Waals surface area contributed by atoms with E-state index in [-0.39, 0.29) is 5.78 Å². The molecule has 2 aromatic carbocycles. The number of para-hydroxylation sites is 1. The normalized spacial score (nSPS) is 10.7. The number of ketones is 1. The number of carbonyl (C=O) groups is 1. The van der Waals surface area contributed by atoms with E-state index < -0.39 is 0 Å². The van der Waals surface area contributed by atoms with E-state index in [1.807, 2.05) is 42.5 Å². The molecule has 0 atom stereocenters. The lowest BCUT2D eigenvalue weighted by Crippen LogP contribution is -1.90. The van der Waals surface area contributed by atoms with Crippen LogP contribution in [-0.4, -0.2) is 10.8 Å². The van der Waals surface area contributed by atoms with Crippen LogP contribution in [0.3, 0.4) is 0 Å². The van der Waals surface area contributed by atoms with E-state index >= 15 is 0 Å². The van der Waals surface area contributed by atoms with Gasteiger partial charge in [0.1, 0.15) is 5.01 Å². The van der Waals surface area contributed by atoms with Gasteiger partial charge >= 0.3 is 0 Å². The molecule has 0 N–H and O–H groups in total. The van der Waals surface area contributed by atoms with Gasteiger partial charge in [-0.05, 0) is 19.1 Å². The van der Waals surface area contributed by atoms with Crippen molar-refractivity contribution in [1.29, 1.82) is 0 Å². The fraction of sp³-hybridized carbons (Fsp3) is 0.0667. The molecule has 0 aliphatic rings. The number of hydrogen-bond acceptors (Lipinski definition) is 3. The summed E-state index contributed by atoms with van der Waals surface area (Å²) in [6.07, 6.45) is 0. The molecule has 2 nitrogen and oxygen atoms in total. The van der Waals surface area contributed by atoms with Crippen molar-refractivity contribution in [3.63, 3.8) is 0 Å². The van der Waals surface area contributed by atoms with Gasteiger partial charge in [0.15, 0.2) is 5.78 Å². The first kappa shape index (κ1) is 11.1. The van der Waals surface area contributed by atoms with E-state index in [4.69, 9.17) is 0 Å². The molecule has 1 aromatic heterocycles. The highest BCUT2D eigenvalue weighted by atomic mass is 32.1. The van der Waals surface area contributed by atoms with Gasteiger partial charge < -0.3 is 0 Å².